The number of halogens is 2. The first-order chi connectivity index (χ1) is 14.5. The zero-order valence-corrected chi connectivity index (χ0v) is 17.2. The topological polar surface area (TPSA) is 55.8 Å². The van der Waals surface area contributed by atoms with E-state index in [2.05, 4.69) is 0 Å². The van der Waals surface area contributed by atoms with Gasteiger partial charge in [0.25, 0.3) is 5.91 Å². The standard InChI is InChI=1S/C23H21ClFNO4/c1-2-29-21(27)10-7-17-11-19-18(8-9-20(24)22(19)30-17)14-3-5-15(6-4-14)23(28)26-12-16(25)13-26/h3-10,16-17H,2,11-13H2,1H3. The lowest BCUT2D eigenvalue weighted by Gasteiger charge is -2.34. The van der Waals surface area contributed by atoms with Crippen LogP contribution in [0.1, 0.15) is 22.8 Å². The van der Waals surface area contributed by atoms with E-state index in [0.29, 0.717) is 29.4 Å². The van der Waals surface area contributed by atoms with Gasteiger partial charge in [0.2, 0.25) is 0 Å². The summed E-state index contributed by atoms with van der Waals surface area (Å²) in [4.78, 5) is 25.4. The molecule has 1 atom stereocenters. The monoisotopic (exact) mass is 429 g/mol. The minimum Gasteiger partial charge on any atom is -0.484 e. The number of ether oxygens (including phenoxy) is 2. The second-order valence-electron chi connectivity index (χ2n) is 7.26. The number of rotatable bonds is 5. The molecule has 2 aromatic carbocycles. The van der Waals surface area contributed by atoms with Crippen molar-refractivity contribution in [1.82, 2.24) is 4.90 Å². The first-order valence-electron chi connectivity index (χ1n) is 9.83. The molecular formula is C23H21ClFNO4. The van der Waals surface area contributed by atoms with E-state index in [1.165, 1.54) is 11.0 Å². The van der Waals surface area contributed by atoms with Crippen molar-refractivity contribution < 1.29 is 23.5 Å². The molecule has 5 nitrogen and oxygen atoms in total. The van der Waals surface area contributed by atoms with Crippen molar-refractivity contribution in [2.75, 3.05) is 19.7 Å². The molecule has 0 radical (unpaired) electrons. The van der Waals surface area contributed by atoms with Gasteiger partial charge in [-0.1, -0.05) is 29.8 Å². The highest BCUT2D eigenvalue weighted by molar-refractivity contribution is 6.32. The van der Waals surface area contributed by atoms with Crippen LogP contribution in [0.3, 0.4) is 0 Å². The zero-order chi connectivity index (χ0) is 21.3. The smallest absolute Gasteiger partial charge is 0.330 e. The summed E-state index contributed by atoms with van der Waals surface area (Å²) in [6.07, 6.45) is 2.37. The van der Waals surface area contributed by atoms with Gasteiger partial charge in [-0.15, -0.1) is 0 Å². The molecule has 0 bridgehead atoms. The van der Waals surface area contributed by atoms with Gasteiger partial charge in [-0.2, -0.15) is 0 Å². The third-order valence-corrected chi connectivity index (χ3v) is 5.49. The fraction of sp³-hybridized carbons (Fsp3) is 0.304. The highest BCUT2D eigenvalue weighted by Crippen LogP contribution is 2.42. The number of likely N-dealkylation sites (tertiary alicyclic amines) is 1. The molecule has 30 heavy (non-hydrogen) atoms. The van der Waals surface area contributed by atoms with Crippen LogP contribution in [0.2, 0.25) is 5.02 Å². The fourth-order valence-corrected chi connectivity index (χ4v) is 3.86. The Kier molecular flexibility index (Phi) is 5.77. The maximum absolute atomic E-state index is 13.0. The molecule has 1 fully saturated rings. The molecule has 4 rings (SSSR count). The van der Waals surface area contributed by atoms with E-state index < -0.39 is 12.1 Å². The Hall–Kier alpha value is -2.86. The number of benzene rings is 2. The van der Waals surface area contributed by atoms with Crippen molar-refractivity contribution in [1.29, 1.82) is 0 Å². The highest BCUT2D eigenvalue weighted by Gasteiger charge is 2.31. The predicted molar refractivity (Wildman–Crippen MR) is 112 cm³/mol. The lowest BCUT2D eigenvalue weighted by atomic mass is 9.95. The number of esters is 1. The van der Waals surface area contributed by atoms with Crippen LogP contribution in [-0.2, 0) is 16.0 Å². The van der Waals surface area contributed by atoms with E-state index in [9.17, 15) is 14.0 Å². The van der Waals surface area contributed by atoms with Crippen LogP contribution in [0.25, 0.3) is 11.1 Å². The molecule has 0 spiro atoms. The number of alkyl halides is 1. The summed E-state index contributed by atoms with van der Waals surface area (Å²) in [5, 5.41) is 0.506. The minimum atomic E-state index is -0.921. The van der Waals surface area contributed by atoms with Gasteiger partial charge in [-0.05, 0) is 42.3 Å². The van der Waals surface area contributed by atoms with Gasteiger partial charge < -0.3 is 14.4 Å². The number of hydrogen-bond acceptors (Lipinski definition) is 4. The summed E-state index contributed by atoms with van der Waals surface area (Å²) in [6.45, 7) is 2.38. The Morgan fingerprint density at radius 3 is 2.63 bits per heavy atom. The summed E-state index contributed by atoms with van der Waals surface area (Å²) in [5.41, 5.74) is 3.35. The van der Waals surface area contributed by atoms with Crippen LogP contribution in [0.5, 0.6) is 5.75 Å². The normalized spacial score (nSPS) is 18.1. The van der Waals surface area contributed by atoms with Gasteiger partial charge in [0.05, 0.1) is 24.7 Å². The first kappa shape index (κ1) is 20.4. The number of fused-ring (bicyclic) bond motifs is 1. The molecule has 156 valence electrons. The molecule has 2 aliphatic rings. The van der Waals surface area contributed by atoms with Gasteiger partial charge in [0, 0.05) is 23.6 Å². The molecule has 2 aromatic rings. The molecule has 7 heteroatoms. The summed E-state index contributed by atoms with van der Waals surface area (Å²) in [7, 11) is 0. The van der Waals surface area contributed by atoms with Crippen LogP contribution in [0, 0.1) is 0 Å². The van der Waals surface area contributed by atoms with E-state index in [-0.39, 0.29) is 25.1 Å². The van der Waals surface area contributed by atoms with Crippen LogP contribution < -0.4 is 4.74 Å². The Morgan fingerprint density at radius 1 is 1.23 bits per heavy atom. The van der Waals surface area contributed by atoms with E-state index in [1.807, 2.05) is 18.2 Å². The summed E-state index contributed by atoms with van der Waals surface area (Å²) >= 11 is 6.32. The molecule has 0 saturated carbocycles. The Bertz CT molecular complexity index is 999. The van der Waals surface area contributed by atoms with Crippen molar-refractivity contribution in [2.45, 2.75) is 25.6 Å². The Balaban J connectivity index is 1.53. The SMILES string of the molecule is CCOC(=O)C=CC1Cc2c(-c3ccc(C(=O)N4CC(F)C4)cc3)ccc(Cl)c2O1. The highest BCUT2D eigenvalue weighted by atomic mass is 35.5. The molecule has 1 unspecified atom stereocenters. The second-order valence-corrected chi connectivity index (χ2v) is 7.67. The van der Waals surface area contributed by atoms with E-state index in [0.717, 1.165) is 16.7 Å². The molecule has 0 aliphatic carbocycles. The predicted octanol–water partition coefficient (Wildman–Crippen LogP) is 4.22. The largest absolute Gasteiger partial charge is 0.484 e. The van der Waals surface area contributed by atoms with Crippen LogP contribution >= 0.6 is 11.6 Å². The summed E-state index contributed by atoms with van der Waals surface area (Å²) in [5.74, 6) is 0.0246. The van der Waals surface area contributed by atoms with Crippen molar-refractivity contribution in [2.24, 2.45) is 0 Å². The van der Waals surface area contributed by atoms with E-state index >= 15 is 0 Å². The van der Waals surface area contributed by atoms with Crippen LogP contribution in [-0.4, -0.2) is 48.7 Å². The fourth-order valence-electron chi connectivity index (χ4n) is 3.64. The Morgan fingerprint density at radius 2 is 1.97 bits per heavy atom. The molecule has 2 heterocycles. The molecule has 1 amide bonds. The molecule has 0 aromatic heterocycles. The van der Waals surface area contributed by atoms with Crippen molar-refractivity contribution in [3.63, 3.8) is 0 Å². The van der Waals surface area contributed by atoms with Crippen molar-refractivity contribution in [3.05, 3.63) is 64.7 Å². The molecule has 1 saturated heterocycles. The number of amides is 1. The molecule has 0 N–H and O–H groups in total. The third kappa shape index (κ3) is 4.05. The number of carbonyl (C=O) groups excluding carboxylic acids is 2. The first-order valence-corrected chi connectivity index (χ1v) is 10.2. The third-order valence-electron chi connectivity index (χ3n) is 5.19. The molecular weight excluding hydrogens is 409 g/mol. The average Bonchev–Trinajstić information content (AvgIpc) is 3.15. The van der Waals surface area contributed by atoms with Crippen LogP contribution in [0.4, 0.5) is 4.39 Å². The van der Waals surface area contributed by atoms with E-state index in [4.69, 9.17) is 21.1 Å². The number of carbonyl (C=O) groups is 2. The van der Waals surface area contributed by atoms with Crippen LogP contribution in [0.15, 0.2) is 48.6 Å². The summed E-state index contributed by atoms with van der Waals surface area (Å²) in [6, 6.07) is 10.9. The van der Waals surface area contributed by atoms with Crippen molar-refractivity contribution in [3.8, 4) is 16.9 Å². The van der Waals surface area contributed by atoms with Gasteiger partial charge >= 0.3 is 5.97 Å². The Labute approximate surface area is 179 Å². The second kappa shape index (κ2) is 8.48. The summed E-state index contributed by atoms with van der Waals surface area (Å²) < 4.78 is 23.8. The van der Waals surface area contributed by atoms with Gasteiger partial charge in [-0.3, -0.25) is 4.79 Å². The zero-order valence-electron chi connectivity index (χ0n) is 16.4. The minimum absolute atomic E-state index is 0.156. The van der Waals surface area contributed by atoms with E-state index in [1.54, 1.807) is 31.2 Å². The number of hydrogen-bond donors (Lipinski definition) is 0. The lowest BCUT2D eigenvalue weighted by molar-refractivity contribution is -0.137. The quantitative estimate of drug-likeness (QED) is 0.527. The number of nitrogens with zero attached hydrogens (tertiary/aromatic N) is 1. The molecule has 2 aliphatic heterocycles. The van der Waals surface area contributed by atoms with Gasteiger partial charge in [0.1, 0.15) is 18.0 Å². The lowest BCUT2D eigenvalue weighted by Crippen LogP contribution is -2.51. The van der Waals surface area contributed by atoms with Gasteiger partial charge in [-0.25, -0.2) is 9.18 Å². The average molecular weight is 430 g/mol. The maximum atomic E-state index is 13.0. The van der Waals surface area contributed by atoms with Gasteiger partial charge in [0.15, 0.2) is 0 Å². The van der Waals surface area contributed by atoms with Crippen molar-refractivity contribution >= 4 is 23.5 Å². The maximum Gasteiger partial charge on any atom is 0.330 e.